The van der Waals surface area contributed by atoms with Gasteiger partial charge in [0.1, 0.15) is 4.90 Å². The van der Waals surface area contributed by atoms with Gasteiger partial charge in [0.05, 0.1) is 5.69 Å². The highest BCUT2D eigenvalue weighted by atomic mass is 79.9. The zero-order valence-corrected chi connectivity index (χ0v) is 15.2. The zero-order valence-electron chi connectivity index (χ0n) is 11.3. The summed E-state index contributed by atoms with van der Waals surface area (Å²) in [5.74, 6) is 0. The second-order valence-electron chi connectivity index (χ2n) is 4.57. The molecule has 0 fully saturated rings. The molecule has 0 atom stereocenters. The van der Waals surface area contributed by atoms with E-state index in [2.05, 4.69) is 31.9 Å². The molecule has 0 amide bonds. The number of hydrogen-bond donors (Lipinski definition) is 1. The van der Waals surface area contributed by atoms with E-state index in [-0.39, 0.29) is 17.1 Å². The van der Waals surface area contributed by atoms with Gasteiger partial charge in [-0.3, -0.25) is 0 Å². The molecule has 2 aromatic carbocycles. The lowest BCUT2D eigenvalue weighted by Gasteiger charge is -2.18. The minimum absolute atomic E-state index is 0.106. The first kappa shape index (κ1) is 16.5. The Morgan fingerprint density at radius 3 is 2.43 bits per heavy atom. The van der Waals surface area contributed by atoms with Crippen LogP contribution in [-0.4, -0.2) is 19.8 Å². The molecule has 2 N–H and O–H groups in total. The van der Waals surface area contributed by atoms with Gasteiger partial charge in [0.2, 0.25) is 10.0 Å². The summed E-state index contributed by atoms with van der Waals surface area (Å²) in [5.41, 5.74) is 6.92. The van der Waals surface area contributed by atoms with Gasteiger partial charge >= 0.3 is 0 Å². The second-order valence-corrected chi connectivity index (χ2v) is 8.42. The number of hydrogen-bond acceptors (Lipinski definition) is 3. The Morgan fingerprint density at radius 1 is 1.10 bits per heavy atom. The topological polar surface area (TPSA) is 63.4 Å². The molecule has 0 spiro atoms. The third kappa shape index (κ3) is 3.85. The van der Waals surface area contributed by atoms with Crippen LogP contribution in [0.3, 0.4) is 0 Å². The first-order chi connectivity index (χ1) is 9.80. The quantitative estimate of drug-likeness (QED) is 0.749. The molecule has 0 saturated carbocycles. The molecule has 0 bridgehead atoms. The summed E-state index contributed by atoms with van der Waals surface area (Å²) in [6, 6.07) is 12.3. The highest BCUT2D eigenvalue weighted by Crippen LogP contribution is 2.26. The minimum Gasteiger partial charge on any atom is -0.398 e. The van der Waals surface area contributed by atoms with Crippen molar-refractivity contribution in [3.8, 4) is 0 Å². The summed E-state index contributed by atoms with van der Waals surface area (Å²) in [7, 11) is -2.10. The molecule has 0 aliphatic heterocycles. The van der Waals surface area contributed by atoms with Crippen molar-refractivity contribution in [2.45, 2.75) is 11.4 Å². The zero-order chi connectivity index (χ0) is 15.6. The van der Waals surface area contributed by atoms with Gasteiger partial charge in [-0.05, 0) is 35.9 Å². The molecule has 0 heterocycles. The van der Waals surface area contributed by atoms with Gasteiger partial charge in [-0.2, -0.15) is 4.31 Å². The standard InChI is InChI=1S/C14H14Br2N2O2S/c1-18(9-10-3-2-4-11(15)7-10)21(19,20)14-8-12(16)5-6-13(14)17/h2-8H,9,17H2,1H3. The van der Waals surface area contributed by atoms with Crippen LogP contribution in [0.25, 0.3) is 0 Å². The second kappa shape index (κ2) is 6.48. The lowest BCUT2D eigenvalue weighted by molar-refractivity contribution is 0.467. The van der Waals surface area contributed by atoms with E-state index in [1.54, 1.807) is 12.1 Å². The van der Waals surface area contributed by atoms with E-state index < -0.39 is 10.0 Å². The largest absolute Gasteiger partial charge is 0.398 e. The van der Waals surface area contributed by atoms with E-state index >= 15 is 0 Å². The molecule has 7 heteroatoms. The van der Waals surface area contributed by atoms with Gasteiger partial charge in [-0.25, -0.2) is 8.42 Å². The number of nitrogens with two attached hydrogens (primary N) is 1. The molecule has 0 saturated heterocycles. The van der Waals surface area contributed by atoms with Crippen LogP contribution in [0.2, 0.25) is 0 Å². The monoisotopic (exact) mass is 432 g/mol. The fourth-order valence-electron chi connectivity index (χ4n) is 1.88. The number of nitrogen functional groups attached to an aromatic ring is 1. The predicted molar refractivity (Wildman–Crippen MR) is 91.3 cm³/mol. The van der Waals surface area contributed by atoms with Crippen molar-refractivity contribution in [3.63, 3.8) is 0 Å². The smallest absolute Gasteiger partial charge is 0.245 e. The van der Waals surface area contributed by atoms with E-state index in [0.717, 1.165) is 10.0 Å². The molecule has 0 radical (unpaired) electrons. The van der Waals surface area contributed by atoms with Crippen molar-refractivity contribution >= 4 is 47.6 Å². The molecule has 0 aliphatic carbocycles. The Bertz CT molecular complexity index is 763. The van der Waals surface area contributed by atoms with Crippen LogP contribution in [-0.2, 0) is 16.6 Å². The van der Waals surface area contributed by atoms with Crippen LogP contribution in [0.15, 0.2) is 56.3 Å². The average Bonchev–Trinajstić information content (AvgIpc) is 2.41. The summed E-state index contributed by atoms with van der Waals surface area (Å²) in [4.78, 5) is 0.106. The lowest BCUT2D eigenvalue weighted by Crippen LogP contribution is -2.27. The molecule has 0 aliphatic rings. The maximum Gasteiger partial charge on any atom is 0.245 e. The van der Waals surface area contributed by atoms with E-state index in [1.807, 2.05) is 24.3 Å². The average molecular weight is 434 g/mol. The van der Waals surface area contributed by atoms with Gasteiger partial charge in [0.15, 0.2) is 0 Å². The van der Waals surface area contributed by atoms with Gasteiger partial charge < -0.3 is 5.73 Å². The summed E-state index contributed by atoms with van der Waals surface area (Å²) >= 11 is 6.64. The number of benzene rings is 2. The lowest BCUT2D eigenvalue weighted by atomic mass is 10.2. The van der Waals surface area contributed by atoms with Crippen molar-refractivity contribution < 1.29 is 8.42 Å². The van der Waals surface area contributed by atoms with Crippen LogP contribution in [0.1, 0.15) is 5.56 Å². The van der Waals surface area contributed by atoms with Crippen molar-refractivity contribution in [2.24, 2.45) is 0 Å². The number of nitrogens with zero attached hydrogens (tertiary/aromatic N) is 1. The summed E-state index contributed by atoms with van der Waals surface area (Å²) in [5, 5.41) is 0. The number of rotatable bonds is 4. The molecule has 2 rings (SSSR count). The number of halogens is 2. The van der Waals surface area contributed by atoms with Crippen molar-refractivity contribution in [3.05, 3.63) is 57.0 Å². The Balaban J connectivity index is 2.33. The Labute approximate surface area is 141 Å². The molecule has 21 heavy (non-hydrogen) atoms. The van der Waals surface area contributed by atoms with Gasteiger partial charge in [-0.15, -0.1) is 0 Å². The van der Waals surface area contributed by atoms with Crippen molar-refractivity contribution in [1.82, 2.24) is 4.31 Å². The third-order valence-electron chi connectivity index (χ3n) is 2.96. The van der Waals surface area contributed by atoms with E-state index in [1.165, 1.54) is 17.4 Å². The maximum atomic E-state index is 12.6. The summed E-state index contributed by atoms with van der Waals surface area (Å²) in [6.07, 6.45) is 0. The van der Waals surface area contributed by atoms with Crippen molar-refractivity contribution in [2.75, 3.05) is 12.8 Å². The SMILES string of the molecule is CN(Cc1cccc(Br)c1)S(=O)(=O)c1cc(Br)ccc1N. The normalized spacial score (nSPS) is 11.8. The Morgan fingerprint density at radius 2 is 1.76 bits per heavy atom. The predicted octanol–water partition coefficient (Wildman–Crippen LogP) is 3.61. The highest BCUT2D eigenvalue weighted by molar-refractivity contribution is 9.10. The molecular formula is C14H14Br2N2O2S. The van der Waals surface area contributed by atoms with Crippen LogP contribution in [0.5, 0.6) is 0 Å². The Kier molecular flexibility index (Phi) is 5.08. The van der Waals surface area contributed by atoms with Crippen LogP contribution in [0, 0.1) is 0 Å². The first-order valence-corrected chi connectivity index (χ1v) is 9.09. The number of anilines is 1. The number of sulfonamides is 1. The van der Waals surface area contributed by atoms with E-state index in [9.17, 15) is 8.42 Å². The first-order valence-electron chi connectivity index (χ1n) is 6.06. The Hall–Kier alpha value is -0.890. The molecule has 2 aromatic rings. The van der Waals surface area contributed by atoms with Crippen LogP contribution < -0.4 is 5.73 Å². The van der Waals surface area contributed by atoms with Crippen molar-refractivity contribution in [1.29, 1.82) is 0 Å². The maximum absolute atomic E-state index is 12.6. The molecule has 0 unspecified atom stereocenters. The molecule has 0 aromatic heterocycles. The minimum atomic E-state index is -3.64. The van der Waals surface area contributed by atoms with E-state index in [0.29, 0.717) is 4.47 Å². The fraction of sp³-hybridized carbons (Fsp3) is 0.143. The van der Waals surface area contributed by atoms with Gasteiger partial charge in [-0.1, -0.05) is 44.0 Å². The third-order valence-corrected chi connectivity index (χ3v) is 5.80. The molecule has 112 valence electrons. The summed E-state index contributed by atoms with van der Waals surface area (Å²) < 4.78 is 28.1. The van der Waals surface area contributed by atoms with Crippen LogP contribution >= 0.6 is 31.9 Å². The molecular weight excluding hydrogens is 420 g/mol. The fourth-order valence-corrected chi connectivity index (χ4v) is 4.13. The van der Waals surface area contributed by atoms with Gasteiger partial charge in [0.25, 0.3) is 0 Å². The highest BCUT2D eigenvalue weighted by Gasteiger charge is 2.23. The van der Waals surface area contributed by atoms with E-state index in [4.69, 9.17) is 5.73 Å². The summed E-state index contributed by atoms with van der Waals surface area (Å²) in [6.45, 7) is 0.272. The molecule has 4 nitrogen and oxygen atoms in total. The van der Waals surface area contributed by atoms with Gasteiger partial charge in [0, 0.05) is 22.5 Å². The van der Waals surface area contributed by atoms with Crippen LogP contribution in [0.4, 0.5) is 5.69 Å².